The fourth-order valence-corrected chi connectivity index (χ4v) is 2.73. The lowest BCUT2D eigenvalue weighted by atomic mass is 10.0. The highest BCUT2D eigenvalue weighted by Crippen LogP contribution is 2.23. The summed E-state index contributed by atoms with van der Waals surface area (Å²) < 4.78 is 0. The Morgan fingerprint density at radius 1 is 1.50 bits per heavy atom. The van der Waals surface area contributed by atoms with Crippen molar-refractivity contribution in [3.8, 4) is 11.8 Å². The number of carbonyl (C=O) groups excluding carboxylic acids is 1. The Labute approximate surface area is 121 Å². The maximum Gasteiger partial charge on any atom is 0.254 e. The highest BCUT2D eigenvalue weighted by Gasteiger charge is 2.28. The fraction of sp³-hybridized carbons (Fsp3) is 0.471. The van der Waals surface area contributed by atoms with Crippen LogP contribution in [-0.2, 0) is 0 Å². The van der Waals surface area contributed by atoms with Crippen LogP contribution in [0.5, 0.6) is 0 Å². The molecular formula is C17H22N2O. The SMILES string of the molecule is CCC1CCCN1C(=O)c1ccc(C)c(C#CCN)c1. The molecule has 3 nitrogen and oxygen atoms in total. The first-order valence-corrected chi connectivity index (χ1v) is 7.28. The summed E-state index contributed by atoms with van der Waals surface area (Å²) in [7, 11) is 0. The van der Waals surface area contributed by atoms with Crippen molar-refractivity contribution in [2.24, 2.45) is 5.73 Å². The fourth-order valence-electron chi connectivity index (χ4n) is 2.73. The van der Waals surface area contributed by atoms with Crippen molar-refractivity contribution in [3.05, 3.63) is 34.9 Å². The Kier molecular flexibility index (Phi) is 4.81. The zero-order valence-electron chi connectivity index (χ0n) is 12.3. The molecule has 1 aromatic rings. The van der Waals surface area contributed by atoms with Crippen LogP contribution in [0.4, 0.5) is 0 Å². The number of amides is 1. The van der Waals surface area contributed by atoms with Crippen molar-refractivity contribution < 1.29 is 4.79 Å². The number of nitrogens with zero attached hydrogens (tertiary/aromatic N) is 1. The van der Waals surface area contributed by atoms with E-state index in [-0.39, 0.29) is 5.91 Å². The molecule has 0 aliphatic carbocycles. The maximum absolute atomic E-state index is 12.6. The van der Waals surface area contributed by atoms with Gasteiger partial charge in [-0.05, 0) is 43.9 Å². The minimum atomic E-state index is 0.130. The average molecular weight is 270 g/mol. The minimum Gasteiger partial charge on any atom is -0.336 e. The first-order valence-electron chi connectivity index (χ1n) is 7.28. The van der Waals surface area contributed by atoms with E-state index in [9.17, 15) is 4.79 Å². The van der Waals surface area contributed by atoms with Gasteiger partial charge in [-0.15, -0.1) is 0 Å². The number of hydrogen-bond donors (Lipinski definition) is 1. The Hall–Kier alpha value is -1.79. The van der Waals surface area contributed by atoms with Crippen molar-refractivity contribution >= 4 is 5.91 Å². The zero-order chi connectivity index (χ0) is 14.5. The molecule has 1 atom stereocenters. The van der Waals surface area contributed by atoms with Gasteiger partial charge in [-0.2, -0.15) is 0 Å². The monoisotopic (exact) mass is 270 g/mol. The van der Waals surface area contributed by atoms with E-state index in [4.69, 9.17) is 5.73 Å². The first-order chi connectivity index (χ1) is 9.67. The summed E-state index contributed by atoms with van der Waals surface area (Å²) in [6, 6.07) is 6.15. The van der Waals surface area contributed by atoms with Crippen LogP contribution in [0.1, 0.15) is 47.7 Å². The molecule has 1 aliphatic rings. The van der Waals surface area contributed by atoms with E-state index >= 15 is 0 Å². The molecule has 0 bridgehead atoms. The van der Waals surface area contributed by atoms with Crippen LogP contribution in [0, 0.1) is 18.8 Å². The third kappa shape index (κ3) is 3.02. The van der Waals surface area contributed by atoms with Crippen LogP contribution in [0.3, 0.4) is 0 Å². The number of nitrogens with two attached hydrogens (primary N) is 1. The third-order valence-corrected chi connectivity index (χ3v) is 3.92. The molecule has 0 aromatic heterocycles. The molecule has 20 heavy (non-hydrogen) atoms. The maximum atomic E-state index is 12.6. The van der Waals surface area contributed by atoms with Gasteiger partial charge in [-0.1, -0.05) is 24.8 Å². The van der Waals surface area contributed by atoms with Gasteiger partial charge in [-0.25, -0.2) is 0 Å². The lowest BCUT2D eigenvalue weighted by Gasteiger charge is -2.23. The molecule has 1 unspecified atom stereocenters. The molecular weight excluding hydrogens is 248 g/mol. The van der Waals surface area contributed by atoms with Crippen LogP contribution in [0.15, 0.2) is 18.2 Å². The number of likely N-dealkylation sites (tertiary alicyclic amines) is 1. The van der Waals surface area contributed by atoms with Crippen molar-refractivity contribution in [2.45, 2.75) is 39.2 Å². The Bertz CT molecular complexity index is 554. The number of carbonyl (C=O) groups is 1. The minimum absolute atomic E-state index is 0.130. The highest BCUT2D eigenvalue weighted by atomic mass is 16.2. The van der Waals surface area contributed by atoms with Gasteiger partial charge in [0.25, 0.3) is 5.91 Å². The normalized spacial score (nSPS) is 17.8. The third-order valence-electron chi connectivity index (χ3n) is 3.92. The van der Waals surface area contributed by atoms with Crippen LogP contribution in [-0.4, -0.2) is 29.9 Å². The second-order valence-corrected chi connectivity index (χ2v) is 5.24. The van der Waals surface area contributed by atoms with Gasteiger partial charge in [0, 0.05) is 23.7 Å². The molecule has 0 saturated carbocycles. The Morgan fingerprint density at radius 2 is 2.30 bits per heavy atom. The standard InChI is InChI=1S/C17H22N2O/c1-3-16-7-5-11-19(16)17(20)15-9-8-13(2)14(12-15)6-4-10-18/h8-9,12,16H,3,5,7,10-11,18H2,1-2H3. The van der Waals surface area contributed by atoms with Crippen LogP contribution in [0.2, 0.25) is 0 Å². The zero-order valence-corrected chi connectivity index (χ0v) is 12.3. The molecule has 1 fully saturated rings. The molecule has 1 aliphatic heterocycles. The van der Waals surface area contributed by atoms with Gasteiger partial charge < -0.3 is 10.6 Å². The van der Waals surface area contributed by atoms with Gasteiger partial charge in [0.05, 0.1) is 6.54 Å². The van der Waals surface area contributed by atoms with E-state index in [2.05, 4.69) is 18.8 Å². The summed E-state index contributed by atoms with van der Waals surface area (Å²) in [6.07, 6.45) is 3.25. The number of benzene rings is 1. The number of aryl methyl sites for hydroxylation is 1. The molecule has 0 spiro atoms. The summed E-state index contributed by atoms with van der Waals surface area (Å²) >= 11 is 0. The van der Waals surface area contributed by atoms with Crippen molar-refractivity contribution in [1.82, 2.24) is 4.90 Å². The lowest BCUT2D eigenvalue weighted by molar-refractivity contribution is 0.0733. The van der Waals surface area contributed by atoms with E-state index in [0.717, 1.165) is 42.5 Å². The second kappa shape index (κ2) is 6.58. The van der Waals surface area contributed by atoms with Crippen molar-refractivity contribution in [2.75, 3.05) is 13.1 Å². The lowest BCUT2D eigenvalue weighted by Crippen LogP contribution is -2.35. The number of rotatable bonds is 2. The van der Waals surface area contributed by atoms with Gasteiger partial charge in [0.15, 0.2) is 0 Å². The largest absolute Gasteiger partial charge is 0.336 e. The summed E-state index contributed by atoms with van der Waals surface area (Å²) in [6.45, 7) is 5.35. The van der Waals surface area contributed by atoms with E-state index in [1.807, 2.05) is 30.0 Å². The molecule has 1 saturated heterocycles. The Balaban J connectivity index is 2.26. The molecule has 2 rings (SSSR count). The van der Waals surface area contributed by atoms with E-state index in [1.165, 1.54) is 0 Å². The summed E-state index contributed by atoms with van der Waals surface area (Å²) in [5.41, 5.74) is 8.12. The molecule has 1 aromatic carbocycles. The molecule has 106 valence electrons. The highest BCUT2D eigenvalue weighted by molar-refractivity contribution is 5.95. The average Bonchev–Trinajstić information content (AvgIpc) is 2.94. The Morgan fingerprint density at radius 3 is 3.00 bits per heavy atom. The van der Waals surface area contributed by atoms with Gasteiger partial charge in [-0.3, -0.25) is 4.79 Å². The molecule has 1 amide bonds. The first kappa shape index (κ1) is 14.6. The second-order valence-electron chi connectivity index (χ2n) is 5.24. The topological polar surface area (TPSA) is 46.3 Å². The summed E-state index contributed by atoms with van der Waals surface area (Å²) in [5.74, 6) is 6.02. The quantitative estimate of drug-likeness (QED) is 0.838. The van der Waals surface area contributed by atoms with Gasteiger partial charge in [0.2, 0.25) is 0 Å². The van der Waals surface area contributed by atoms with Crippen molar-refractivity contribution in [1.29, 1.82) is 0 Å². The van der Waals surface area contributed by atoms with Crippen molar-refractivity contribution in [3.63, 3.8) is 0 Å². The predicted octanol–water partition coefficient (Wildman–Crippen LogP) is 2.32. The molecule has 0 radical (unpaired) electrons. The van der Waals surface area contributed by atoms with Crippen LogP contribution < -0.4 is 5.73 Å². The van der Waals surface area contributed by atoms with E-state index in [1.54, 1.807) is 0 Å². The van der Waals surface area contributed by atoms with E-state index in [0.29, 0.717) is 12.6 Å². The van der Waals surface area contributed by atoms with Gasteiger partial charge >= 0.3 is 0 Å². The summed E-state index contributed by atoms with van der Waals surface area (Å²) in [4.78, 5) is 14.6. The molecule has 1 heterocycles. The van der Waals surface area contributed by atoms with Crippen LogP contribution in [0.25, 0.3) is 0 Å². The van der Waals surface area contributed by atoms with E-state index < -0.39 is 0 Å². The summed E-state index contributed by atoms with van der Waals surface area (Å²) in [5, 5.41) is 0. The molecule has 2 N–H and O–H groups in total. The smallest absolute Gasteiger partial charge is 0.254 e. The van der Waals surface area contributed by atoms with Gasteiger partial charge in [0.1, 0.15) is 0 Å². The molecule has 3 heteroatoms. The number of hydrogen-bond acceptors (Lipinski definition) is 2. The predicted molar refractivity (Wildman–Crippen MR) is 81.5 cm³/mol. The van der Waals surface area contributed by atoms with Crippen LogP contribution >= 0.6 is 0 Å².